The Kier molecular flexibility index (Phi) is 8.94. The first-order valence-corrected chi connectivity index (χ1v) is 18.2. The normalized spacial score (nSPS) is 11.0. The lowest BCUT2D eigenvalue weighted by molar-refractivity contribution is 1.07. The quantitative estimate of drug-likeness (QED) is 0.159. The van der Waals surface area contributed by atoms with Gasteiger partial charge in [0.05, 0.1) is 0 Å². The molecular formula is C51H35N3. The number of nitrogens with zero attached hydrogens (tertiary/aromatic N) is 3. The van der Waals surface area contributed by atoms with E-state index in [2.05, 4.69) is 186 Å². The van der Waals surface area contributed by atoms with Gasteiger partial charge in [-0.1, -0.05) is 188 Å². The van der Waals surface area contributed by atoms with Gasteiger partial charge >= 0.3 is 0 Å². The van der Waals surface area contributed by atoms with Gasteiger partial charge in [0.25, 0.3) is 0 Å². The molecule has 0 amide bonds. The Labute approximate surface area is 316 Å². The summed E-state index contributed by atoms with van der Waals surface area (Å²) in [7, 11) is 0. The molecule has 8 aromatic carbocycles. The second-order valence-electron chi connectivity index (χ2n) is 13.2. The Bertz CT molecular complexity index is 2680. The summed E-state index contributed by atoms with van der Waals surface area (Å²) >= 11 is 0. The van der Waals surface area contributed by atoms with Crippen molar-refractivity contribution in [2.45, 2.75) is 0 Å². The third kappa shape index (κ3) is 6.51. The molecule has 9 aromatic rings. The summed E-state index contributed by atoms with van der Waals surface area (Å²) in [5, 5.41) is 0. The molecule has 1 aromatic heterocycles. The van der Waals surface area contributed by atoms with Gasteiger partial charge in [0, 0.05) is 11.1 Å². The van der Waals surface area contributed by atoms with Crippen molar-refractivity contribution in [1.29, 1.82) is 0 Å². The zero-order valence-corrected chi connectivity index (χ0v) is 29.5. The Balaban J connectivity index is 1.27. The van der Waals surface area contributed by atoms with E-state index in [4.69, 9.17) is 4.98 Å². The first kappa shape index (κ1) is 32.7. The number of aromatic nitrogens is 3. The predicted molar refractivity (Wildman–Crippen MR) is 223 cm³/mol. The Morgan fingerprint density at radius 2 is 0.593 bits per heavy atom. The molecule has 9 rings (SSSR count). The maximum Gasteiger partial charge on any atom is 0.163 e. The summed E-state index contributed by atoms with van der Waals surface area (Å²) in [5.41, 5.74) is 15.9. The van der Waals surface area contributed by atoms with E-state index in [1.54, 1.807) is 6.33 Å². The third-order valence-electron chi connectivity index (χ3n) is 9.83. The van der Waals surface area contributed by atoms with E-state index >= 15 is 0 Å². The van der Waals surface area contributed by atoms with Crippen molar-refractivity contribution in [3.05, 3.63) is 213 Å². The van der Waals surface area contributed by atoms with Crippen molar-refractivity contribution < 1.29 is 0 Å². The zero-order chi connectivity index (χ0) is 36.1. The van der Waals surface area contributed by atoms with Crippen LogP contribution in [0.1, 0.15) is 0 Å². The summed E-state index contributed by atoms with van der Waals surface area (Å²) in [6.07, 6.45) is 1.59. The molecule has 0 aliphatic heterocycles. The van der Waals surface area contributed by atoms with Crippen LogP contribution in [-0.4, -0.2) is 15.0 Å². The Morgan fingerprint density at radius 1 is 0.241 bits per heavy atom. The van der Waals surface area contributed by atoms with Crippen molar-refractivity contribution in [2.24, 2.45) is 0 Å². The van der Waals surface area contributed by atoms with Crippen LogP contribution in [0.4, 0.5) is 0 Å². The lowest BCUT2D eigenvalue weighted by atomic mass is 9.78. The molecule has 0 atom stereocenters. The number of benzene rings is 8. The van der Waals surface area contributed by atoms with Crippen molar-refractivity contribution in [2.75, 3.05) is 0 Å². The van der Waals surface area contributed by atoms with E-state index in [-0.39, 0.29) is 0 Å². The predicted octanol–water partition coefficient (Wildman–Crippen LogP) is 13.2. The highest BCUT2D eigenvalue weighted by molar-refractivity contribution is 6.07. The van der Waals surface area contributed by atoms with Crippen LogP contribution >= 0.6 is 0 Å². The van der Waals surface area contributed by atoms with Crippen LogP contribution in [-0.2, 0) is 0 Å². The van der Waals surface area contributed by atoms with Crippen molar-refractivity contribution in [1.82, 2.24) is 15.0 Å². The molecule has 254 valence electrons. The molecule has 0 aliphatic carbocycles. The topological polar surface area (TPSA) is 38.7 Å². The zero-order valence-electron chi connectivity index (χ0n) is 29.5. The van der Waals surface area contributed by atoms with E-state index in [1.165, 1.54) is 50.1 Å². The average molecular weight is 690 g/mol. The van der Waals surface area contributed by atoms with Crippen molar-refractivity contribution >= 4 is 0 Å². The lowest BCUT2D eigenvalue weighted by Crippen LogP contribution is -1.98. The second kappa shape index (κ2) is 14.8. The van der Waals surface area contributed by atoms with Gasteiger partial charge in [-0.2, -0.15) is 0 Å². The first-order chi connectivity index (χ1) is 26.8. The number of hydrogen-bond donors (Lipinski definition) is 0. The summed E-state index contributed by atoms with van der Waals surface area (Å²) < 4.78 is 0. The molecule has 0 aliphatic rings. The summed E-state index contributed by atoms with van der Waals surface area (Å²) in [6, 6.07) is 73.0. The maximum atomic E-state index is 4.85. The fourth-order valence-electron chi connectivity index (χ4n) is 7.32. The minimum Gasteiger partial charge on any atom is -0.217 e. The van der Waals surface area contributed by atoms with E-state index in [9.17, 15) is 0 Å². The SMILES string of the molecule is c1ccc(-c2ncnc(-c3cccc(-c4cccc(-c5cc(-c6ccccc6)c(-c6ccccc6)c(-c6ccccc6)c5-c5ccccc5)c4)c3)n2)cc1. The van der Waals surface area contributed by atoms with E-state index in [0.29, 0.717) is 11.6 Å². The smallest absolute Gasteiger partial charge is 0.163 e. The summed E-state index contributed by atoms with van der Waals surface area (Å²) in [4.78, 5) is 13.9. The van der Waals surface area contributed by atoms with E-state index in [0.717, 1.165) is 27.8 Å². The molecule has 54 heavy (non-hydrogen) atoms. The van der Waals surface area contributed by atoms with Crippen LogP contribution in [0.3, 0.4) is 0 Å². The van der Waals surface area contributed by atoms with Crippen LogP contribution in [0.15, 0.2) is 213 Å². The highest BCUT2D eigenvalue weighted by Gasteiger charge is 2.24. The number of rotatable bonds is 8. The maximum absolute atomic E-state index is 4.85. The van der Waals surface area contributed by atoms with E-state index in [1.807, 2.05) is 30.3 Å². The van der Waals surface area contributed by atoms with Crippen molar-refractivity contribution in [3.8, 4) is 89.5 Å². The molecule has 0 saturated heterocycles. The molecule has 0 N–H and O–H groups in total. The molecule has 0 unspecified atom stereocenters. The van der Waals surface area contributed by atoms with Gasteiger partial charge in [0.1, 0.15) is 6.33 Å². The molecule has 0 fully saturated rings. The second-order valence-corrected chi connectivity index (χ2v) is 13.2. The molecular weight excluding hydrogens is 655 g/mol. The minimum atomic E-state index is 0.643. The molecule has 0 radical (unpaired) electrons. The highest BCUT2D eigenvalue weighted by Crippen LogP contribution is 2.50. The molecule has 0 bridgehead atoms. The van der Waals surface area contributed by atoms with E-state index < -0.39 is 0 Å². The summed E-state index contributed by atoms with van der Waals surface area (Å²) in [6.45, 7) is 0. The van der Waals surface area contributed by atoms with Crippen molar-refractivity contribution in [3.63, 3.8) is 0 Å². The van der Waals surface area contributed by atoms with Crippen LogP contribution in [0, 0.1) is 0 Å². The fraction of sp³-hybridized carbons (Fsp3) is 0. The third-order valence-corrected chi connectivity index (χ3v) is 9.83. The van der Waals surface area contributed by atoms with Crippen LogP contribution < -0.4 is 0 Å². The fourth-order valence-corrected chi connectivity index (χ4v) is 7.32. The van der Waals surface area contributed by atoms with Crippen LogP contribution in [0.2, 0.25) is 0 Å². The standard InChI is InChI=1S/C51H35N3/c1-6-18-36(19-7-1)45-34-46(48(38-22-10-3-11-23-38)49(39-24-12-4-13-25-39)47(45)37-20-8-2-9-21-37)43-30-16-28-41(32-43)42-29-17-31-44(33-42)51-53-35-52-50(54-51)40-26-14-5-15-27-40/h1-35H. The van der Waals surface area contributed by atoms with Gasteiger partial charge in [0.2, 0.25) is 0 Å². The molecule has 3 nitrogen and oxygen atoms in total. The summed E-state index contributed by atoms with van der Waals surface area (Å²) in [5.74, 6) is 1.30. The monoisotopic (exact) mass is 689 g/mol. The minimum absolute atomic E-state index is 0.643. The first-order valence-electron chi connectivity index (χ1n) is 18.2. The van der Waals surface area contributed by atoms with Crippen LogP contribution in [0.5, 0.6) is 0 Å². The number of hydrogen-bond acceptors (Lipinski definition) is 3. The van der Waals surface area contributed by atoms with Gasteiger partial charge in [-0.3, -0.25) is 0 Å². The Hall–Kier alpha value is -7.23. The van der Waals surface area contributed by atoms with Gasteiger partial charge in [0.15, 0.2) is 11.6 Å². The van der Waals surface area contributed by atoms with Gasteiger partial charge in [-0.25, -0.2) is 15.0 Å². The van der Waals surface area contributed by atoms with Gasteiger partial charge in [-0.05, 0) is 85.0 Å². The lowest BCUT2D eigenvalue weighted by Gasteiger charge is -2.24. The molecule has 1 heterocycles. The highest BCUT2D eigenvalue weighted by atomic mass is 15.0. The average Bonchev–Trinajstić information content (AvgIpc) is 3.27. The largest absolute Gasteiger partial charge is 0.217 e. The molecule has 3 heteroatoms. The van der Waals surface area contributed by atoms with Gasteiger partial charge in [-0.15, -0.1) is 0 Å². The van der Waals surface area contributed by atoms with Gasteiger partial charge < -0.3 is 0 Å². The Morgan fingerprint density at radius 3 is 1.11 bits per heavy atom. The molecule has 0 saturated carbocycles. The van der Waals surface area contributed by atoms with Crippen LogP contribution in [0.25, 0.3) is 89.5 Å². The molecule has 0 spiro atoms.